The van der Waals surface area contributed by atoms with E-state index in [-0.39, 0.29) is 11.6 Å². The smallest absolute Gasteiger partial charge is 0.272 e. The van der Waals surface area contributed by atoms with Gasteiger partial charge in [0, 0.05) is 38.7 Å². The Kier molecular flexibility index (Phi) is 12.3. The van der Waals surface area contributed by atoms with Crippen LogP contribution in [0, 0.1) is 0 Å². The molecular formula is C38H36N4O7S2. The number of carbonyl (C=O) groups is 3. The highest BCUT2D eigenvalue weighted by atomic mass is 32.2. The van der Waals surface area contributed by atoms with Crippen LogP contribution in [-0.2, 0) is 9.59 Å². The average Bonchev–Trinajstić information content (AvgIpc) is 3.63. The Balaban J connectivity index is 1.31. The molecule has 51 heavy (non-hydrogen) atoms. The van der Waals surface area contributed by atoms with Crippen molar-refractivity contribution in [3.63, 3.8) is 0 Å². The summed E-state index contributed by atoms with van der Waals surface area (Å²) in [6.07, 6.45) is 1.50. The minimum absolute atomic E-state index is 0.0445. The number of anilines is 2. The molecule has 5 aromatic rings. The van der Waals surface area contributed by atoms with E-state index < -0.39 is 17.1 Å². The molecule has 0 fully saturated rings. The Morgan fingerprint density at radius 2 is 1.51 bits per heavy atom. The van der Waals surface area contributed by atoms with Crippen molar-refractivity contribution in [1.29, 1.82) is 0 Å². The Bertz CT molecular complexity index is 2050. The maximum absolute atomic E-state index is 13.8. The lowest BCUT2D eigenvalue weighted by atomic mass is 10.1. The Morgan fingerprint density at radius 3 is 2.24 bits per heavy atom. The van der Waals surface area contributed by atoms with Crippen LogP contribution in [0.1, 0.15) is 22.8 Å². The highest BCUT2D eigenvalue weighted by molar-refractivity contribution is 8.00. The highest BCUT2D eigenvalue weighted by Crippen LogP contribution is 2.36. The van der Waals surface area contributed by atoms with Gasteiger partial charge < -0.3 is 34.9 Å². The van der Waals surface area contributed by atoms with E-state index in [1.807, 2.05) is 35.7 Å². The normalized spacial score (nSPS) is 11.6. The van der Waals surface area contributed by atoms with Crippen molar-refractivity contribution in [2.24, 2.45) is 0 Å². The first-order valence-electron chi connectivity index (χ1n) is 15.6. The second-order valence-electron chi connectivity index (χ2n) is 10.8. The van der Waals surface area contributed by atoms with Crippen molar-refractivity contribution in [2.45, 2.75) is 17.1 Å². The highest BCUT2D eigenvalue weighted by Gasteiger charge is 2.20. The van der Waals surface area contributed by atoms with E-state index in [1.165, 1.54) is 50.5 Å². The van der Waals surface area contributed by atoms with Gasteiger partial charge in [0.15, 0.2) is 16.6 Å². The summed E-state index contributed by atoms with van der Waals surface area (Å²) in [5, 5.41) is 10.4. The molecule has 0 aliphatic rings. The Morgan fingerprint density at radius 1 is 0.784 bits per heavy atom. The number of benzene rings is 4. The molecular weight excluding hydrogens is 689 g/mol. The predicted octanol–water partition coefficient (Wildman–Crippen LogP) is 7.37. The quantitative estimate of drug-likeness (QED) is 0.0792. The van der Waals surface area contributed by atoms with E-state index in [4.69, 9.17) is 18.9 Å². The fourth-order valence-corrected chi connectivity index (χ4v) is 6.47. The summed E-state index contributed by atoms with van der Waals surface area (Å²) >= 11 is 2.66. The van der Waals surface area contributed by atoms with Crippen LogP contribution in [0.3, 0.4) is 0 Å². The van der Waals surface area contributed by atoms with Crippen LogP contribution in [0.2, 0.25) is 0 Å². The maximum atomic E-state index is 13.8. The zero-order valence-corrected chi connectivity index (χ0v) is 30.1. The molecule has 3 amide bonds. The molecule has 13 heteroatoms. The number of amides is 3. The molecule has 1 aromatic heterocycles. The van der Waals surface area contributed by atoms with Crippen LogP contribution in [-0.4, -0.2) is 56.4 Å². The van der Waals surface area contributed by atoms with Crippen molar-refractivity contribution < 1.29 is 33.3 Å². The second kappa shape index (κ2) is 17.2. The topological polar surface area (TPSA) is 137 Å². The van der Waals surface area contributed by atoms with Gasteiger partial charge >= 0.3 is 0 Å². The van der Waals surface area contributed by atoms with E-state index in [1.54, 1.807) is 74.7 Å². The standard InChI is InChI=1S/C38H36N4O7S2/c1-23(35(43)42-38-41-31(22-50-38)25-13-9-15-28(17-25)46-2)51-29-16-10-14-27(20-29)39-37(45)30(40-36(44)24-11-7-6-8-12-24)18-26-19-33(48-4)34(49-5)21-32(26)47-3/h6-23H,1-5H3,(H,39,45)(H,40,44)(H,41,42,43)/b30-18+. The first-order chi connectivity index (χ1) is 24.7. The first-order valence-corrected chi connectivity index (χ1v) is 17.3. The van der Waals surface area contributed by atoms with Gasteiger partial charge in [-0.25, -0.2) is 4.98 Å². The third-order valence-corrected chi connectivity index (χ3v) is 9.29. The van der Waals surface area contributed by atoms with E-state index in [9.17, 15) is 14.4 Å². The zero-order chi connectivity index (χ0) is 36.3. The molecule has 1 atom stereocenters. The fraction of sp³-hybridized carbons (Fsp3) is 0.158. The molecule has 3 N–H and O–H groups in total. The van der Waals surface area contributed by atoms with Crippen LogP contribution in [0.5, 0.6) is 23.0 Å². The van der Waals surface area contributed by atoms with Crippen LogP contribution in [0.15, 0.2) is 107 Å². The van der Waals surface area contributed by atoms with Crippen molar-refractivity contribution in [1.82, 2.24) is 10.3 Å². The summed E-state index contributed by atoms with van der Waals surface area (Å²) in [4.78, 5) is 45.4. The van der Waals surface area contributed by atoms with E-state index in [0.29, 0.717) is 39.2 Å². The third kappa shape index (κ3) is 9.47. The van der Waals surface area contributed by atoms with Gasteiger partial charge in [0.05, 0.1) is 39.4 Å². The van der Waals surface area contributed by atoms with Crippen LogP contribution < -0.4 is 34.9 Å². The number of carbonyl (C=O) groups excluding carboxylic acids is 3. The van der Waals surface area contributed by atoms with E-state index in [0.717, 1.165) is 21.9 Å². The van der Waals surface area contributed by atoms with Gasteiger partial charge in [-0.1, -0.05) is 36.4 Å². The fourth-order valence-electron chi connectivity index (χ4n) is 4.82. The van der Waals surface area contributed by atoms with E-state index >= 15 is 0 Å². The van der Waals surface area contributed by atoms with Gasteiger partial charge in [-0.3, -0.25) is 14.4 Å². The number of nitrogens with zero attached hydrogens (tertiary/aromatic N) is 1. The van der Waals surface area contributed by atoms with Crippen LogP contribution in [0.25, 0.3) is 17.3 Å². The molecule has 0 saturated carbocycles. The number of rotatable bonds is 14. The molecule has 11 nitrogen and oxygen atoms in total. The number of methoxy groups -OCH3 is 4. The van der Waals surface area contributed by atoms with Gasteiger partial charge in [-0.2, -0.15) is 0 Å². The lowest BCUT2D eigenvalue weighted by Crippen LogP contribution is -2.30. The minimum atomic E-state index is -0.584. The number of nitrogens with one attached hydrogen (secondary N) is 3. The molecule has 4 aromatic carbocycles. The summed E-state index contributed by atoms with van der Waals surface area (Å²) in [6, 6.07) is 26.5. The molecule has 0 aliphatic heterocycles. The molecule has 0 saturated heterocycles. The van der Waals surface area contributed by atoms with Gasteiger partial charge in [-0.05, 0) is 61.5 Å². The molecule has 1 unspecified atom stereocenters. The van der Waals surface area contributed by atoms with Crippen molar-refractivity contribution in [3.05, 3.63) is 113 Å². The molecule has 0 radical (unpaired) electrons. The lowest BCUT2D eigenvalue weighted by molar-refractivity contribution is -0.115. The largest absolute Gasteiger partial charge is 0.497 e. The van der Waals surface area contributed by atoms with Crippen molar-refractivity contribution >= 4 is 57.7 Å². The number of thioether (sulfide) groups is 1. The van der Waals surface area contributed by atoms with Crippen molar-refractivity contribution in [3.8, 4) is 34.3 Å². The van der Waals surface area contributed by atoms with Crippen LogP contribution >= 0.6 is 23.1 Å². The van der Waals surface area contributed by atoms with Gasteiger partial charge in [-0.15, -0.1) is 23.1 Å². The number of hydrogen-bond acceptors (Lipinski definition) is 10. The average molecular weight is 725 g/mol. The predicted molar refractivity (Wildman–Crippen MR) is 201 cm³/mol. The minimum Gasteiger partial charge on any atom is -0.497 e. The number of thiazole rings is 1. The monoisotopic (exact) mass is 724 g/mol. The molecule has 5 rings (SSSR count). The summed E-state index contributed by atoms with van der Waals surface area (Å²) in [5.74, 6) is 0.680. The van der Waals surface area contributed by atoms with Gasteiger partial charge in [0.25, 0.3) is 11.8 Å². The molecule has 0 spiro atoms. The molecule has 262 valence electrons. The Hall–Kier alpha value is -5.79. The summed E-state index contributed by atoms with van der Waals surface area (Å²) in [7, 11) is 6.10. The van der Waals surface area contributed by atoms with Gasteiger partial charge in [0.2, 0.25) is 5.91 Å². The maximum Gasteiger partial charge on any atom is 0.272 e. The molecule has 1 heterocycles. The summed E-state index contributed by atoms with van der Waals surface area (Å²) in [6.45, 7) is 1.79. The van der Waals surface area contributed by atoms with Crippen LogP contribution in [0.4, 0.5) is 10.8 Å². The summed E-state index contributed by atoms with van der Waals surface area (Å²) in [5.41, 5.74) is 2.87. The second-order valence-corrected chi connectivity index (χ2v) is 13.1. The third-order valence-electron chi connectivity index (χ3n) is 7.44. The van der Waals surface area contributed by atoms with E-state index in [2.05, 4.69) is 20.9 Å². The van der Waals surface area contributed by atoms with Gasteiger partial charge in [0.1, 0.15) is 17.2 Å². The Labute approximate surface area is 304 Å². The number of aromatic nitrogens is 1. The van der Waals surface area contributed by atoms with Crippen molar-refractivity contribution in [2.75, 3.05) is 39.1 Å². The molecule has 0 aliphatic carbocycles. The SMILES string of the molecule is COc1cccc(-c2csc(NC(=O)C(C)Sc3cccc(NC(=O)/C(=C\c4cc(OC)c(OC)cc4OC)NC(=O)c4ccccc4)c3)n2)c1. The number of ether oxygens (including phenoxy) is 4. The summed E-state index contributed by atoms with van der Waals surface area (Å²) < 4.78 is 21.7. The lowest BCUT2D eigenvalue weighted by Gasteiger charge is -2.15. The number of hydrogen-bond donors (Lipinski definition) is 3. The zero-order valence-electron chi connectivity index (χ0n) is 28.5. The molecule has 0 bridgehead atoms. The first kappa shape index (κ1) is 36.5.